The van der Waals surface area contributed by atoms with E-state index >= 15 is 0 Å². The third-order valence-electron chi connectivity index (χ3n) is 3.80. The van der Waals surface area contributed by atoms with Crippen molar-refractivity contribution in [3.63, 3.8) is 0 Å². The van der Waals surface area contributed by atoms with E-state index in [0.717, 1.165) is 0 Å². The molecule has 1 aromatic heterocycles. The predicted octanol–water partition coefficient (Wildman–Crippen LogP) is 2.83. The van der Waals surface area contributed by atoms with E-state index in [1.54, 1.807) is 11.3 Å². The molecule has 0 aliphatic heterocycles. The second kappa shape index (κ2) is 6.34. The molecule has 0 aromatic carbocycles. The predicted molar refractivity (Wildman–Crippen MR) is 75.4 cm³/mol. The molecule has 0 spiro atoms. The first-order chi connectivity index (χ1) is 8.72. The van der Waals surface area contributed by atoms with Crippen LogP contribution >= 0.6 is 11.3 Å². The molecule has 3 nitrogen and oxygen atoms in total. The lowest BCUT2D eigenvalue weighted by Crippen LogP contribution is -2.43. The van der Waals surface area contributed by atoms with Gasteiger partial charge in [-0.15, -0.1) is 11.3 Å². The molecule has 1 saturated carbocycles. The van der Waals surface area contributed by atoms with Crippen molar-refractivity contribution in [2.75, 3.05) is 0 Å². The Morgan fingerprint density at radius 1 is 1.56 bits per heavy atom. The van der Waals surface area contributed by atoms with Gasteiger partial charge in [0.25, 0.3) is 0 Å². The van der Waals surface area contributed by atoms with Crippen LogP contribution in [-0.2, 0) is 4.79 Å². The number of carbonyl (C=O) groups is 1. The van der Waals surface area contributed by atoms with Crippen molar-refractivity contribution >= 4 is 17.2 Å². The van der Waals surface area contributed by atoms with Crippen LogP contribution in [0.25, 0.3) is 0 Å². The molecule has 4 heteroatoms. The number of carbonyl (C=O) groups excluding carboxylic acids is 1. The molecule has 2 atom stereocenters. The molecule has 1 heterocycles. The number of thiophene rings is 1. The first-order valence-electron chi connectivity index (χ1n) is 6.81. The van der Waals surface area contributed by atoms with E-state index in [-0.39, 0.29) is 18.0 Å². The van der Waals surface area contributed by atoms with Crippen LogP contribution in [0.15, 0.2) is 17.5 Å². The number of amides is 1. The van der Waals surface area contributed by atoms with E-state index in [2.05, 4.69) is 16.8 Å². The summed E-state index contributed by atoms with van der Waals surface area (Å²) in [6, 6.07) is 3.95. The Labute approximate surface area is 113 Å². The first-order valence-corrected chi connectivity index (χ1v) is 7.69. The fourth-order valence-corrected chi connectivity index (χ4v) is 3.50. The zero-order valence-corrected chi connectivity index (χ0v) is 11.7. The maximum atomic E-state index is 12.0. The number of nitrogens with two attached hydrogens (primary N) is 1. The lowest BCUT2D eigenvalue weighted by atomic mass is 9.96. The standard InChI is InChI=1S/C14H22N2OS/c1-2-11(15)14(17)16-13(10-6-3-4-7-10)12-8-5-9-18-12/h5,8-11,13H,2-4,6-7,15H2,1H3,(H,16,17)/t11-,13?/m0/s1. The van der Waals surface area contributed by atoms with Crippen molar-refractivity contribution in [1.29, 1.82) is 0 Å². The van der Waals surface area contributed by atoms with Crippen LogP contribution in [0.4, 0.5) is 0 Å². The van der Waals surface area contributed by atoms with Crippen LogP contribution in [0.3, 0.4) is 0 Å². The van der Waals surface area contributed by atoms with Gasteiger partial charge in [-0.05, 0) is 36.6 Å². The maximum Gasteiger partial charge on any atom is 0.237 e. The molecule has 0 radical (unpaired) electrons. The minimum atomic E-state index is -0.381. The van der Waals surface area contributed by atoms with Crippen LogP contribution < -0.4 is 11.1 Å². The van der Waals surface area contributed by atoms with Gasteiger partial charge in [0.05, 0.1) is 12.1 Å². The molecule has 1 aliphatic carbocycles. The molecule has 1 fully saturated rings. The number of hydrogen-bond donors (Lipinski definition) is 2. The number of rotatable bonds is 5. The van der Waals surface area contributed by atoms with Crippen LogP contribution in [0, 0.1) is 5.92 Å². The summed E-state index contributed by atoms with van der Waals surface area (Å²) in [7, 11) is 0. The summed E-state index contributed by atoms with van der Waals surface area (Å²) < 4.78 is 0. The normalized spacial score (nSPS) is 19.7. The first kappa shape index (κ1) is 13.6. The number of nitrogens with one attached hydrogen (secondary N) is 1. The molecular weight excluding hydrogens is 244 g/mol. The Bertz CT molecular complexity index is 371. The molecule has 1 aliphatic rings. The van der Waals surface area contributed by atoms with Gasteiger partial charge >= 0.3 is 0 Å². The van der Waals surface area contributed by atoms with Crippen LogP contribution in [0.2, 0.25) is 0 Å². The van der Waals surface area contributed by atoms with Crippen molar-refractivity contribution in [2.45, 2.75) is 51.1 Å². The smallest absolute Gasteiger partial charge is 0.237 e. The van der Waals surface area contributed by atoms with Gasteiger partial charge in [-0.25, -0.2) is 0 Å². The molecule has 1 aromatic rings. The molecule has 100 valence electrons. The van der Waals surface area contributed by atoms with Gasteiger partial charge in [-0.1, -0.05) is 25.8 Å². The summed E-state index contributed by atoms with van der Waals surface area (Å²) in [5, 5.41) is 5.23. The average molecular weight is 266 g/mol. The summed E-state index contributed by atoms with van der Waals surface area (Å²) >= 11 is 1.72. The lowest BCUT2D eigenvalue weighted by molar-refractivity contribution is -0.123. The molecule has 18 heavy (non-hydrogen) atoms. The minimum absolute atomic E-state index is 0.0113. The second-order valence-electron chi connectivity index (χ2n) is 5.06. The topological polar surface area (TPSA) is 55.1 Å². The van der Waals surface area contributed by atoms with Crippen molar-refractivity contribution in [3.05, 3.63) is 22.4 Å². The monoisotopic (exact) mass is 266 g/mol. The minimum Gasteiger partial charge on any atom is -0.347 e. The SMILES string of the molecule is CC[C@H](N)C(=O)NC(c1cccs1)C1CCCC1. The van der Waals surface area contributed by atoms with E-state index in [9.17, 15) is 4.79 Å². The van der Waals surface area contributed by atoms with Gasteiger partial charge in [0.2, 0.25) is 5.91 Å². The van der Waals surface area contributed by atoms with E-state index in [1.807, 2.05) is 13.0 Å². The molecule has 0 saturated heterocycles. The Hall–Kier alpha value is -0.870. The highest BCUT2D eigenvalue weighted by molar-refractivity contribution is 7.10. The molecule has 1 unspecified atom stereocenters. The largest absolute Gasteiger partial charge is 0.347 e. The Morgan fingerprint density at radius 2 is 2.28 bits per heavy atom. The van der Waals surface area contributed by atoms with E-state index in [4.69, 9.17) is 5.73 Å². The molecular formula is C14H22N2OS. The highest BCUT2D eigenvalue weighted by atomic mass is 32.1. The van der Waals surface area contributed by atoms with Crippen molar-refractivity contribution in [3.8, 4) is 0 Å². The summed E-state index contributed by atoms with van der Waals surface area (Å²) in [4.78, 5) is 13.3. The zero-order valence-electron chi connectivity index (χ0n) is 10.9. The molecule has 2 rings (SSSR count). The van der Waals surface area contributed by atoms with Gasteiger partial charge < -0.3 is 11.1 Å². The van der Waals surface area contributed by atoms with Gasteiger partial charge in [-0.2, -0.15) is 0 Å². The second-order valence-corrected chi connectivity index (χ2v) is 6.04. The Balaban J connectivity index is 2.07. The number of hydrogen-bond acceptors (Lipinski definition) is 3. The molecule has 3 N–H and O–H groups in total. The van der Waals surface area contributed by atoms with E-state index < -0.39 is 0 Å². The van der Waals surface area contributed by atoms with Crippen molar-refractivity contribution in [1.82, 2.24) is 5.32 Å². The van der Waals surface area contributed by atoms with Gasteiger partial charge in [0.1, 0.15) is 0 Å². The van der Waals surface area contributed by atoms with Crippen LogP contribution in [0.5, 0.6) is 0 Å². The summed E-state index contributed by atoms with van der Waals surface area (Å²) in [6.45, 7) is 1.94. The summed E-state index contributed by atoms with van der Waals surface area (Å²) in [6.07, 6.45) is 5.67. The average Bonchev–Trinajstić information content (AvgIpc) is 3.06. The zero-order chi connectivity index (χ0) is 13.0. The molecule has 0 bridgehead atoms. The van der Waals surface area contributed by atoms with Crippen LogP contribution in [-0.4, -0.2) is 11.9 Å². The van der Waals surface area contributed by atoms with Gasteiger partial charge in [-0.3, -0.25) is 4.79 Å². The summed E-state index contributed by atoms with van der Waals surface area (Å²) in [5.41, 5.74) is 5.81. The van der Waals surface area contributed by atoms with Crippen molar-refractivity contribution < 1.29 is 4.79 Å². The third kappa shape index (κ3) is 3.12. The van der Waals surface area contributed by atoms with Gasteiger partial charge in [0.15, 0.2) is 0 Å². The van der Waals surface area contributed by atoms with Gasteiger partial charge in [0, 0.05) is 4.88 Å². The molecule has 1 amide bonds. The highest BCUT2D eigenvalue weighted by Gasteiger charge is 2.29. The lowest BCUT2D eigenvalue weighted by Gasteiger charge is -2.25. The van der Waals surface area contributed by atoms with Crippen LogP contribution in [0.1, 0.15) is 49.9 Å². The Kier molecular flexibility index (Phi) is 4.78. The maximum absolute atomic E-state index is 12.0. The fourth-order valence-electron chi connectivity index (χ4n) is 2.63. The van der Waals surface area contributed by atoms with Crippen molar-refractivity contribution in [2.24, 2.45) is 11.7 Å². The van der Waals surface area contributed by atoms with E-state index in [0.29, 0.717) is 12.3 Å². The quantitative estimate of drug-likeness (QED) is 0.861. The fraction of sp³-hybridized carbons (Fsp3) is 0.643. The summed E-state index contributed by atoms with van der Waals surface area (Å²) in [5.74, 6) is 0.569. The van der Waals surface area contributed by atoms with E-state index in [1.165, 1.54) is 30.6 Å². The Morgan fingerprint density at radius 3 is 2.83 bits per heavy atom. The third-order valence-corrected chi connectivity index (χ3v) is 4.75. The highest BCUT2D eigenvalue weighted by Crippen LogP contribution is 2.37.